The maximum atomic E-state index is 11.8. The van der Waals surface area contributed by atoms with E-state index in [0.717, 1.165) is 0 Å². The van der Waals surface area contributed by atoms with Gasteiger partial charge in [0.05, 0.1) is 10.7 Å². The molecule has 0 heterocycles. The Morgan fingerprint density at radius 2 is 1.76 bits per heavy atom. The summed E-state index contributed by atoms with van der Waals surface area (Å²) in [6.07, 6.45) is 0.460. The van der Waals surface area contributed by atoms with Gasteiger partial charge in [-0.15, -0.1) is 0 Å². The summed E-state index contributed by atoms with van der Waals surface area (Å²) in [7, 11) is -3.48. The molecule has 0 aromatic heterocycles. The van der Waals surface area contributed by atoms with Crippen molar-refractivity contribution in [1.82, 2.24) is 4.72 Å². The lowest BCUT2D eigenvalue weighted by Gasteiger charge is -2.22. The minimum Gasteiger partial charge on any atom is -0.481 e. The van der Waals surface area contributed by atoms with Crippen molar-refractivity contribution in [1.29, 1.82) is 0 Å². The average molecular weight is 265 g/mol. The predicted octanol–water partition coefficient (Wildman–Crippen LogP) is 1.45. The van der Waals surface area contributed by atoms with Crippen molar-refractivity contribution in [3.8, 4) is 0 Å². The molecule has 6 heteroatoms. The topological polar surface area (TPSA) is 83.5 Å². The molecule has 0 saturated heterocycles. The Labute approximate surface area is 104 Å². The van der Waals surface area contributed by atoms with Crippen LogP contribution in [0, 0.1) is 11.8 Å². The Kier molecular flexibility index (Phi) is 5.61. The highest BCUT2D eigenvalue weighted by atomic mass is 32.2. The van der Waals surface area contributed by atoms with E-state index in [2.05, 4.69) is 4.72 Å². The number of aliphatic carboxylic acids is 1. The fraction of sp³-hybridized carbons (Fsp3) is 0.909. The van der Waals surface area contributed by atoms with Crippen LogP contribution in [0.15, 0.2) is 0 Å². The van der Waals surface area contributed by atoms with Crippen molar-refractivity contribution >= 4 is 16.0 Å². The van der Waals surface area contributed by atoms with Crippen molar-refractivity contribution in [2.45, 2.75) is 45.8 Å². The number of sulfonamides is 1. The molecule has 102 valence electrons. The molecule has 0 aliphatic rings. The molecular weight excluding hydrogens is 242 g/mol. The average Bonchev–Trinajstić information content (AvgIpc) is 2.09. The van der Waals surface area contributed by atoms with Crippen LogP contribution in [0.5, 0.6) is 0 Å². The van der Waals surface area contributed by atoms with Gasteiger partial charge in [0.1, 0.15) is 0 Å². The van der Waals surface area contributed by atoms with E-state index in [0.29, 0.717) is 6.42 Å². The Morgan fingerprint density at radius 1 is 1.29 bits per heavy atom. The second-order valence-corrected chi connectivity index (χ2v) is 8.15. The summed E-state index contributed by atoms with van der Waals surface area (Å²) in [6.45, 7) is 8.50. The van der Waals surface area contributed by atoms with E-state index in [-0.39, 0.29) is 12.5 Å². The maximum Gasteiger partial charge on any atom is 0.307 e. The minimum absolute atomic E-state index is 0.0485. The zero-order valence-electron chi connectivity index (χ0n) is 11.1. The quantitative estimate of drug-likeness (QED) is 0.761. The van der Waals surface area contributed by atoms with Crippen LogP contribution in [-0.2, 0) is 14.8 Å². The van der Waals surface area contributed by atoms with E-state index in [1.165, 1.54) is 0 Å². The summed E-state index contributed by atoms with van der Waals surface area (Å²) in [5, 5.41) is 8.99. The SMILES string of the molecule is CC(C)CC(CNS(=O)(=O)C(C)(C)C)C(=O)O. The van der Waals surface area contributed by atoms with Gasteiger partial charge in [0.2, 0.25) is 10.0 Å². The summed E-state index contributed by atoms with van der Waals surface area (Å²) in [4.78, 5) is 11.0. The molecule has 0 bridgehead atoms. The molecular formula is C11H23NO4S. The van der Waals surface area contributed by atoms with Crippen LogP contribution < -0.4 is 4.72 Å². The normalized spacial score (nSPS) is 14.9. The Hall–Kier alpha value is -0.620. The molecule has 2 N–H and O–H groups in total. The summed E-state index contributed by atoms with van der Waals surface area (Å²) < 4.78 is 25.0. The molecule has 0 radical (unpaired) electrons. The Bertz CT molecular complexity index is 354. The number of nitrogens with one attached hydrogen (secondary N) is 1. The number of rotatable bonds is 6. The highest BCUT2D eigenvalue weighted by Gasteiger charge is 2.30. The van der Waals surface area contributed by atoms with Crippen molar-refractivity contribution in [2.75, 3.05) is 6.54 Å². The largest absolute Gasteiger partial charge is 0.481 e. The molecule has 0 aromatic rings. The number of carboxylic acids is 1. The fourth-order valence-electron chi connectivity index (χ4n) is 1.27. The Balaban J connectivity index is 4.58. The van der Waals surface area contributed by atoms with Crippen LogP contribution in [0.25, 0.3) is 0 Å². The maximum absolute atomic E-state index is 11.8. The molecule has 0 aromatic carbocycles. The van der Waals surface area contributed by atoms with Crippen LogP contribution in [0.3, 0.4) is 0 Å². The van der Waals surface area contributed by atoms with E-state index in [1.807, 2.05) is 13.8 Å². The number of carbonyl (C=O) groups is 1. The molecule has 0 aliphatic carbocycles. The zero-order valence-corrected chi connectivity index (χ0v) is 12.0. The molecule has 0 spiro atoms. The molecule has 0 amide bonds. The summed E-state index contributed by atoms with van der Waals surface area (Å²) in [5.41, 5.74) is 0. The van der Waals surface area contributed by atoms with E-state index in [4.69, 9.17) is 5.11 Å². The number of hydrogen-bond donors (Lipinski definition) is 2. The van der Waals surface area contributed by atoms with Gasteiger partial charge in [-0.05, 0) is 33.1 Å². The molecule has 0 aliphatic heterocycles. The van der Waals surface area contributed by atoms with Crippen LogP contribution >= 0.6 is 0 Å². The van der Waals surface area contributed by atoms with Gasteiger partial charge in [0, 0.05) is 6.54 Å². The third-order valence-electron chi connectivity index (χ3n) is 2.43. The summed E-state index contributed by atoms with van der Waals surface area (Å²) in [5.74, 6) is -1.42. The smallest absolute Gasteiger partial charge is 0.307 e. The molecule has 5 nitrogen and oxygen atoms in total. The highest BCUT2D eigenvalue weighted by Crippen LogP contribution is 2.15. The van der Waals surface area contributed by atoms with E-state index >= 15 is 0 Å². The van der Waals surface area contributed by atoms with E-state index < -0.39 is 26.7 Å². The lowest BCUT2D eigenvalue weighted by atomic mass is 9.98. The summed E-state index contributed by atoms with van der Waals surface area (Å²) in [6, 6.07) is 0. The molecule has 1 atom stereocenters. The van der Waals surface area contributed by atoms with Gasteiger partial charge in [-0.2, -0.15) is 0 Å². The van der Waals surface area contributed by atoms with Crippen molar-refractivity contribution in [2.24, 2.45) is 11.8 Å². The van der Waals surface area contributed by atoms with Gasteiger partial charge in [0.25, 0.3) is 0 Å². The van der Waals surface area contributed by atoms with E-state index in [1.54, 1.807) is 20.8 Å². The first-order chi connectivity index (χ1) is 7.47. The lowest BCUT2D eigenvalue weighted by Crippen LogP contribution is -2.42. The van der Waals surface area contributed by atoms with Crippen LogP contribution in [-0.4, -0.2) is 30.8 Å². The minimum atomic E-state index is -3.48. The first kappa shape index (κ1) is 16.4. The number of carboxylic acid groups (broad SMARTS) is 1. The summed E-state index contributed by atoms with van der Waals surface area (Å²) >= 11 is 0. The third kappa shape index (κ3) is 5.50. The monoisotopic (exact) mass is 265 g/mol. The molecule has 0 rings (SSSR count). The second-order valence-electron chi connectivity index (χ2n) is 5.63. The van der Waals surface area contributed by atoms with Crippen LogP contribution in [0.1, 0.15) is 41.0 Å². The van der Waals surface area contributed by atoms with E-state index in [9.17, 15) is 13.2 Å². The van der Waals surface area contributed by atoms with Gasteiger partial charge in [0.15, 0.2) is 0 Å². The standard InChI is InChI=1S/C11H23NO4S/c1-8(2)6-9(10(13)14)7-12-17(15,16)11(3,4)5/h8-9,12H,6-7H2,1-5H3,(H,13,14). The van der Waals surface area contributed by atoms with Gasteiger partial charge in [-0.3, -0.25) is 4.79 Å². The first-order valence-corrected chi connectivity index (χ1v) is 7.17. The van der Waals surface area contributed by atoms with Crippen molar-refractivity contribution in [3.63, 3.8) is 0 Å². The van der Waals surface area contributed by atoms with Gasteiger partial charge < -0.3 is 5.11 Å². The predicted molar refractivity (Wildman–Crippen MR) is 67.3 cm³/mol. The molecule has 0 saturated carbocycles. The van der Waals surface area contributed by atoms with Crippen LogP contribution in [0.4, 0.5) is 0 Å². The van der Waals surface area contributed by atoms with Gasteiger partial charge in [-0.1, -0.05) is 13.8 Å². The van der Waals surface area contributed by atoms with Crippen molar-refractivity contribution in [3.05, 3.63) is 0 Å². The zero-order chi connectivity index (χ0) is 13.9. The fourth-order valence-corrected chi connectivity index (χ4v) is 2.12. The number of hydrogen-bond acceptors (Lipinski definition) is 3. The highest BCUT2D eigenvalue weighted by molar-refractivity contribution is 7.90. The van der Waals surface area contributed by atoms with Crippen molar-refractivity contribution < 1.29 is 18.3 Å². The first-order valence-electron chi connectivity index (χ1n) is 5.69. The second kappa shape index (κ2) is 5.82. The Morgan fingerprint density at radius 3 is 2.06 bits per heavy atom. The molecule has 17 heavy (non-hydrogen) atoms. The lowest BCUT2D eigenvalue weighted by molar-refractivity contribution is -0.142. The molecule has 0 fully saturated rings. The molecule has 1 unspecified atom stereocenters. The van der Waals surface area contributed by atoms with Gasteiger partial charge >= 0.3 is 5.97 Å². The third-order valence-corrected chi connectivity index (χ3v) is 4.59. The van der Waals surface area contributed by atoms with Gasteiger partial charge in [-0.25, -0.2) is 13.1 Å². The van der Waals surface area contributed by atoms with Crippen LogP contribution in [0.2, 0.25) is 0 Å².